The number of rotatable bonds is 6. The molecule has 124 valence electrons. The average molecular weight is 324 g/mol. The van der Waals surface area contributed by atoms with Gasteiger partial charge < -0.3 is 5.32 Å². The van der Waals surface area contributed by atoms with Crippen LogP contribution in [0.25, 0.3) is 6.08 Å². The molecule has 1 unspecified atom stereocenters. The van der Waals surface area contributed by atoms with Crippen molar-refractivity contribution < 1.29 is 9.72 Å². The lowest BCUT2D eigenvalue weighted by Crippen LogP contribution is -2.30. The van der Waals surface area contributed by atoms with Gasteiger partial charge in [-0.3, -0.25) is 14.9 Å². The minimum absolute atomic E-state index is 0.0283. The van der Waals surface area contributed by atoms with Crippen molar-refractivity contribution in [2.24, 2.45) is 5.92 Å². The first-order chi connectivity index (χ1) is 11.5. The van der Waals surface area contributed by atoms with Crippen molar-refractivity contribution in [3.05, 3.63) is 81.9 Å². The second-order valence-corrected chi connectivity index (χ2v) is 5.82. The Labute approximate surface area is 141 Å². The van der Waals surface area contributed by atoms with E-state index in [1.54, 1.807) is 18.2 Å². The Hall–Kier alpha value is -2.95. The Morgan fingerprint density at radius 3 is 2.25 bits per heavy atom. The van der Waals surface area contributed by atoms with E-state index in [1.807, 2.05) is 30.3 Å². The number of carbonyl (C=O) groups is 1. The number of benzene rings is 2. The number of hydrogen-bond donors (Lipinski definition) is 1. The number of hydrogen-bond acceptors (Lipinski definition) is 3. The van der Waals surface area contributed by atoms with Gasteiger partial charge in [0, 0.05) is 18.2 Å². The second-order valence-electron chi connectivity index (χ2n) is 5.82. The van der Waals surface area contributed by atoms with Crippen molar-refractivity contribution in [3.8, 4) is 0 Å². The Morgan fingerprint density at radius 2 is 1.71 bits per heavy atom. The van der Waals surface area contributed by atoms with Crippen molar-refractivity contribution in [2.45, 2.75) is 19.9 Å². The van der Waals surface area contributed by atoms with Gasteiger partial charge >= 0.3 is 0 Å². The van der Waals surface area contributed by atoms with Gasteiger partial charge in [0.25, 0.3) is 5.69 Å². The number of carbonyl (C=O) groups excluding carboxylic acids is 1. The molecule has 0 aliphatic carbocycles. The zero-order valence-electron chi connectivity index (χ0n) is 13.7. The number of non-ortho nitro benzene ring substituents is 1. The summed E-state index contributed by atoms with van der Waals surface area (Å²) in [6.07, 6.45) is 3.08. The lowest BCUT2D eigenvalue weighted by atomic mass is 9.96. The Balaban J connectivity index is 2.04. The SMILES string of the molecule is CC(C)C(NC(=O)/C=C/c1ccc([N+](=O)[O-])cc1)c1ccccc1. The molecule has 5 heteroatoms. The molecule has 0 heterocycles. The van der Waals surface area contributed by atoms with Crippen LogP contribution in [0.15, 0.2) is 60.7 Å². The van der Waals surface area contributed by atoms with Crippen LogP contribution in [0.4, 0.5) is 5.69 Å². The molecule has 2 aromatic carbocycles. The van der Waals surface area contributed by atoms with Crippen molar-refractivity contribution in [1.29, 1.82) is 0 Å². The van der Waals surface area contributed by atoms with Crippen LogP contribution in [-0.4, -0.2) is 10.8 Å². The molecule has 0 saturated heterocycles. The molecule has 1 amide bonds. The van der Waals surface area contributed by atoms with E-state index in [0.29, 0.717) is 0 Å². The molecule has 0 saturated carbocycles. The highest BCUT2D eigenvalue weighted by atomic mass is 16.6. The fourth-order valence-electron chi connectivity index (χ4n) is 2.38. The Bertz CT molecular complexity index is 722. The van der Waals surface area contributed by atoms with Crippen LogP contribution in [0, 0.1) is 16.0 Å². The second kappa shape index (κ2) is 8.06. The standard InChI is InChI=1S/C19H20N2O3/c1-14(2)19(16-6-4-3-5-7-16)20-18(22)13-10-15-8-11-17(12-9-15)21(23)24/h3-14,19H,1-2H3,(H,20,22)/b13-10+. The first-order valence-corrected chi connectivity index (χ1v) is 7.75. The number of nitrogens with zero attached hydrogens (tertiary/aromatic N) is 1. The van der Waals surface area contributed by atoms with Crippen LogP contribution in [-0.2, 0) is 4.79 Å². The van der Waals surface area contributed by atoms with Crippen molar-refractivity contribution >= 4 is 17.7 Å². The van der Waals surface area contributed by atoms with Gasteiger partial charge in [-0.25, -0.2) is 0 Å². The Kier molecular flexibility index (Phi) is 5.84. The highest BCUT2D eigenvalue weighted by molar-refractivity contribution is 5.92. The number of nitrogens with one attached hydrogen (secondary N) is 1. The minimum atomic E-state index is -0.451. The van der Waals surface area contributed by atoms with Gasteiger partial charge in [-0.1, -0.05) is 44.2 Å². The summed E-state index contributed by atoms with van der Waals surface area (Å²) in [6, 6.07) is 15.8. The van der Waals surface area contributed by atoms with E-state index in [9.17, 15) is 14.9 Å². The number of amides is 1. The maximum Gasteiger partial charge on any atom is 0.269 e. The maximum absolute atomic E-state index is 12.2. The molecule has 24 heavy (non-hydrogen) atoms. The van der Waals surface area contributed by atoms with Crippen molar-refractivity contribution in [3.63, 3.8) is 0 Å². The van der Waals surface area contributed by atoms with Gasteiger partial charge in [0.05, 0.1) is 11.0 Å². The summed E-state index contributed by atoms with van der Waals surface area (Å²) in [5.41, 5.74) is 1.82. The molecule has 1 N–H and O–H groups in total. The van der Waals surface area contributed by atoms with Crippen molar-refractivity contribution in [1.82, 2.24) is 5.32 Å². The predicted octanol–water partition coefficient (Wildman–Crippen LogP) is 4.12. The molecule has 0 fully saturated rings. The lowest BCUT2D eigenvalue weighted by Gasteiger charge is -2.22. The summed E-state index contributed by atoms with van der Waals surface area (Å²) in [6.45, 7) is 4.11. The number of nitro groups is 1. The highest BCUT2D eigenvalue weighted by Gasteiger charge is 2.16. The van der Waals surface area contributed by atoms with Gasteiger partial charge in [0.15, 0.2) is 0 Å². The fourth-order valence-corrected chi connectivity index (χ4v) is 2.38. The molecule has 0 aromatic heterocycles. The quantitative estimate of drug-likeness (QED) is 0.493. The molecule has 0 spiro atoms. The van der Waals surface area contributed by atoms with Crippen LogP contribution in [0.2, 0.25) is 0 Å². The van der Waals surface area contributed by atoms with Crippen LogP contribution >= 0.6 is 0 Å². The van der Waals surface area contributed by atoms with E-state index >= 15 is 0 Å². The molecule has 1 atom stereocenters. The van der Waals surface area contributed by atoms with Crippen LogP contribution in [0.1, 0.15) is 31.0 Å². The van der Waals surface area contributed by atoms with Crippen LogP contribution in [0.5, 0.6) is 0 Å². The zero-order chi connectivity index (χ0) is 17.5. The van der Waals surface area contributed by atoms with Gasteiger partial charge in [0.1, 0.15) is 0 Å². The topological polar surface area (TPSA) is 72.2 Å². The molecule has 0 aliphatic rings. The molecular weight excluding hydrogens is 304 g/mol. The smallest absolute Gasteiger partial charge is 0.269 e. The van der Waals surface area contributed by atoms with Gasteiger partial charge in [-0.15, -0.1) is 0 Å². The monoisotopic (exact) mass is 324 g/mol. The van der Waals surface area contributed by atoms with E-state index < -0.39 is 4.92 Å². The molecule has 5 nitrogen and oxygen atoms in total. The summed E-state index contributed by atoms with van der Waals surface area (Å²) < 4.78 is 0. The molecule has 0 bridgehead atoms. The summed E-state index contributed by atoms with van der Waals surface area (Å²) in [5.74, 6) is 0.0556. The third kappa shape index (κ3) is 4.78. The molecular formula is C19H20N2O3. The lowest BCUT2D eigenvalue weighted by molar-refractivity contribution is -0.384. The average Bonchev–Trinajstić information content (AvgIpc) is 2.58. The van der Waals surface area contributed by atoms with E-state index in [1.165, 1.54) is 18.2 Å². The normalized spacial score (nSPS) is 12.3. The number of nitro benzene ring substituents is 1. The van der Waals surface area contributed by atoms with Crippen LogP contribution < -0.4 is 5.32 Å². The van der Waals surface area contributed by atoms with E-state index in [2.05, 4.69) is 19.2 Å². The van der Waals surface area contributed by atoms with Crippen LogP contribution in [0.3, 0.4) is 0 Å². The van der Waals surface area contributed by atoms with E-state index in [4.69, 9.17) is 0 Å². The van der Waals surface area contributed by atoms with Gasteiger partial charge in [0.2, 0.25) is 5.91 Å². The van der Waals surface area contributed by atoms with Crippen molar-refractivity contribution in [2.75, 3.05) is 0 Å². The highest BCUT2D eigenvalue weighted by Crippen LogP contribution is 2.21. The third-order valence-corrected chi connectivity index (χ3v) is 3.65. The molecule has 0 radical (unpaired) electrons. The molecule has 2 aromatic rings. The van der Waals surface area contributed by atoms with E-state index in [0.717, 1.165) is 11.1 Å². The summed E-state index contributed by atoms with van der Waals surface area (Å²) in [5, 5.41) is 13.6. The summed E-state index contributed by atoms with van der Waals surface area (Å²) in [7, 11) is 0. The van der Waals surface area contributed by atoms with E-state index in [-0.39, 0.29) is 23.6 Å². The fraction of sp³-hybridized carbons (Fsp3) is 0.211. The molecule has 0 aliphatic heterocycles. The predicted molar refractivity (Wildman–Crippen MR) is 94.3 cm³/mol. The Morgan fingerprint density at radius 1 is 1.08 bits per heavy atom. The first kappa shape index (κ1) is 17.4. The van der Waals surface area contributed by atoms with Gasteiger partial charge in [-0.2, -0.15) is 0 Å². The first-order valence-electron chi connectivity index (χ1n) is 7.75. The largest absolute Gasteiger partial charge is 0.345 e. The maximum atomic E-state index is 12.2. The molecule has 2 rings (SSSR count). The van der Waals surface area contributed by atoms with Gasteiger partial charge in [-0.05, 0) is 35.3 Å². The third-order valence-electron chi connectivity index (χ3n) is 3.65. The minimum Gasteiger partial charge on any atom is -0.345 e. The zero-order valence-corrected chi connectivity index (χ0v) is 13.7. The summed E-state index contributed by atoms with van der Waals surface area (Å²) in [4.78, 5) is 22.3. The summed E-state index contributed by atoms with van der Waals surface area (Å²) >= 11 is 0.